The van der Waals surface area contributed by atoms with Crippen molar-refractivity contribution >= 4 is 16.8 Å². The lowest BCUT2D eigenvalue weighted by Crippen LogP contribution is -2.26. The molecule has 4 aromatic rings. The Balaban J connectivity index is 1.77. The molecule has 1 amide bonds. The molecule has 0 saturated carbocycles. The van der Waals surface area contributed by atoms with Gasteiger partial charge in [-0.3, -0.25) is 9.48 Å². The summed E-state index contributed by atoms with van der Waals surface area (Å²) in [7, 11) is 3.74. The van der Waals surface area contributed by atoms with Crippen molar-refractivity contribution in [1.82, 2.24) is 19.7 Å². The number of para-hydroxylation sites is 1. The average molecular weight is 399 g/mol. The van der Waals surface area contributed by atoms with Crippen molar-refractivity contribution in [3.8, 4) is 11.3 Å². The third-order valence-electron chi connectivity index (χ3n) is 5.84. The van der Waals surface area contributed by atoms with E-state index in [1.807, 2.05) is 62.2 Å². The van der Waals surface area contributed by atoms with Crippen LogP contribution in [0.4, 0.5) is 0 Å². The third kappa shape index (κ3) is 3.59. The summed E-state index contributed by atoms with van der Waals surface area (Å²) in [6.45, 7) is 6.71. The number of hydrogen-bond acceptors (Lipinski definition) is 3. The van der Waals surface area contributed by atoms with Crippen molar-refractivity contribution in [2.45, 2.75) is 27.3 Å². The van der Waals surface area contributed by atoms with Crippen LogP contribution in [-0.2, 0) is 13.6 Å². The van der Waals surface area contributed by atoms with E-state index in [-0.39, 0.29) is 5.91 Å². The second-order valence-electron chi connectivity index (χ2n) is 7.91. The zero-order chi connectivity index (χ0) is 21.4. The molecule has 152 valence electrons. The van der Waals surface area contributed by atoms with Crippen molar-refractivity contribution in [2.75, 3.05) is 7.05 Å². The predicted octanol–water partition coefficient (Wildman–Crippen LogP) is 4.83. The largest absolute Gasteiger partial charge is 0.337 e. The summed E-state index contributed by atoms with van der Waals surface area (Å²) in [5.74, 6) is -0.0260. The predicted molar refractivity (Wildman–Crippen MR) is 120 cm³/mol. The maximum Gasteiger partial charge on any atom is 0.254 e. The van der Waals surface area contributed by atoms with Crippen LogP contribution in [0.5, 0.6) is 0 Å². The number of aryl methyl sites for hydroxylation is 3. The van der Waals surface area contributed by atoms with Crippen molar-refractivity contribution in [3.63, 3.8) is 0 Å². The molecule has 30 heavy (non-hydrogen) atoms. The van der Waals surface area contributed by atoms with E-state index in [2.05, 4.69) is 37.1 Å². The molecule has 0 fully saturated rings. The SMILES string of the molecule is Cc1ccc(-c2cc(C(=O)N(C)Cc3cnn(C)c3C)c3ccccc3n2)cc1C. The lowest BCUT2D eigenvalue weighted by Gasteiger charge is -2.19. The molecule has 0 aliphatic carbocycles. The monoisotopic (exact) mass is 398 g/mol. The van der Waals surface area contributed by atoms with E-state index in [0.29, 0.717) is 12.1 Å². The Morgan fingerprint density at radius 1 is 1.03 bits per heavy atom. The average Bonchev–Trinajstić information content (AvgIpc) is 3.06. The van der Waals surface area contributed by atoms with Gasteiger partial charge in [-0.15, -0.1) is 0 Å². The number of fused-ring (bicyclic) bond motifs is 1. The van der Waals surface area contributed by atoms with Crippen LogP contribution in [0.1, 0.15) is 32.7 Å². The second kappa shape index (κ2) is 7.75. The van der Waals surface area contributed by atoms with Gasteiger partial charge in [0, 0.05) is 42.8 Å². The first-order chi connectivity index (χ1) is 14.3. The van der Waals surface area contributed by atoms with Gasteiger partial charge in [0.25, 0.3) is 5.91 Å². The van der Waals surface area contributed by atoms with E-state index in [1.165, 1.54) is 11.1 Å². The number of nitrogens with zero attached hydrogens (tertiary/aromatic N) is 4. The minimum atomic E-state index is -0.0260. The molecule has 2 aromatic heterocycles. The number of carbonyl (C=O) groups is 1. The number of hydrogen-bond donors (Lipinski definition) is 0. The minimum absolute atomic E-state index is 0.0260. The van der Waals surface area contributed by atoms with E-state index in [4.69, 9.17) is 4.98 Å². The normalized spacial score (nSPS) is 11.1. The van der Waals surface area contributed by atoms with E-state index < -0.39 is 0 Å². The zero-order valence-electron chi connectivity index (χ0n) is 18.1. The molecule has 2 aromatic carbocycles. The van der Waals surface area contributed by atoms with Crippen molar-refractivity contribution in [3.05, 3.63) is 82.7 Å². The van der Waals surface area contributed by atoms with Gasteiger partial charge < -0.3 is 4.90 Å². The fourth-order valence-corrected chi connectivity index (χ4v) is 3.63. The highest BCUT2D eigenvalue weighted by Crippen LogP contribution is 2.27. The molecular formula is C25H26N4O. The quantitative estimate of drug-likeness (QED) is 0.495. The highest BCUT2D eigenvalue weighted by Gasteiger charge is 2.19. The molecule has 0 N–H and O–H groups in total. The van der Waals surface area contributed by atoms with Crippen LogP contribution < -0.4 is 0 Å². The standard InChI is InChI=1S/C25H26N4O/c1-16-10-11-19(12-17(16)2)24-13-22(21-8-6-7-9-23(21)27-24)25(30)28(4)15-20-14-26-29(5)18(20)3/h6-14H,15H2,1-5H3. The number of pyridine rings is 1. The molecule has 5 nitrogen and oxygen atoms in total. The molecule has 0 saturated heterocycles. The number of aromatic nitrogens is 3. The fourth-order valence-electron chi connectivity index (χ4n) is 3.63. The maximum atomic E-state index is 13.5. The van der Waals surface area contributed by atoms with Crippen LogP contribution in [-0.4, -0.2) is 32.6 Å². The van der Waals surface area contributed by atoms with Gasteiger partial charge in [-0.25, -0.2) is 4.98 Å². The molecule has 4 rings (SSSR count). The Labute approximate surface area is 177 Å². The Morgan fingerprint density at radius 2 is 1.80 bits per heavy atom. The smallest absolute Gasteiger partial charge is 0.254 e. The summed E-state index contributed by atoms with van der Waals surface area (Å²) in [6.07, 6.45) is 1.82. The van der Waals surface area contributed by atoms with Gasteiger partial charge in [-0.1, -0.05) is 30.3 Å². The van der Waals surface area contributed by atoms with Gasteiger partial charge in [0.05, 0.1) is 23.0 Å². The summed E-state index contributed by atoms with van der Waals surface area (Å²) in [5.41, 5.74) is 7.86. The fraction of sp³-hybridized carbons (Fsp3) is 0.240. The number of carbonyl (C=O) groups excluding carboxylic acids is 1. The van der Waals surface area contributed by atoms with Gasteiger partial charge in [-0.2, -0.15) is 5.10 Å². The zero-order valence-corrected chi connectivity index (χ0v) is 18.1. The van der Waals surface area contributed by atoms with Gasteiger partial charge in [-0.05, 0) is 50.1 Å². The lowest BCUT2D eigenvalue weighted by atomic mass is 10.0. The van der Waals surface area contributed by atoms with E-state index in [0.717, 1.165) is 33.4 Å². The first-order valence-corrected chi connectivity index (χ1v) is 10.1. The molecule has 0 spiro atoms. The Hall–Kier alpha value is -3.47. The first kappa shape index (κ1) is 19.8. The summed E-state index contributed by atoms with van der Waals surface area (Å²) in [6, 6.07) is 16.0. The molecule has 0 aliphatic rings. The van der Waals surface area contributed by atoms with Gasteiger partial charge in [0.2, 0.25) is 0 Å². The minimum Gasteiger partial charge on any atom is -0.337 e. The molecule has 0 radical (unpaired) electrons. The first-order valence-electron chi connectivity index (χ1n) is 10.1. The van der Waals surface area contributed by atoms with Gasteiger partial charge in [0.1, 0.15) is 0 Å². The topological polar surface area (TPSA) is 51.0 Å². The lowest BCUT2D eigenvalue weighted by molar-refractivity contribution is 0.0787. The molecule has 0 bridgehead atoms. The highest BCUT2D eigenvalue weighted by molar-refractivity contribution is 6.07. The molecule has 0 unspecified atom stereocenters. The third-order valence-corrected chi connectivity index (χ3v) is 5.84. The summed E-state index contributed by atoms with van der Waals surface area (Å²) >= 11 is 0. The van der Waals surface area contributed by atoms with E-state index >= 15 is 0 Å². The van der Waals surface area contributed by atoms with Crippen LogP contribution in [0.3, 0.4) is 0 Å². The van der Waals surface area contributed by atoms with E-state index in [1.54, 1.807) is 4.90 Å². The molecule has 0 aliphatic heterocycles. The van der Waals surface area contributed by atoms with Crippen LogP contribution in [0.15, 0.2) is 54.7 Å². The molecule has 0 atom stereocenters. The molecule has 5 heteroatoms. The number of rotatable bonds is 4. The second-order valence-corrected chi connectivity index (χ2v) is 7.91. The molecule has 2 heterocycles. The van der Waals surface area contributed by atoms with Crippen LogP contribution in [0, 0.1) is 20.8 Å². The summed E-state index contributed by atoms with van der Waals surface area (Å²) < 4.78 is 1.83. The van der Waals surface area contributed by atoms with Crippen LogP contribution >= 0.6 is 0 Å². The summed E-state index contributed by atoms with van der Waals surface area (Å²) in [4.78, 5) is 20.0. The van der Waals surface area contributed by atoms with Crippen LogP contribution in [0.2, 0.25) is 0 Å². The van der Waals surface area contributed by atoms with E-state index in [9.17, 15) is 4.79 Å². The Kier molecular flexibility index (Phi) is 5.12. The Morgan fingerprint density at radius 3 is 2.50 bits per heavy atom. The van der Waals surface area contributed by atoms with Crippen molar-refractivity contribution < 1.29 is 4.79 Å². The highest BCUT2D eigenvalue weighted by atomic mass is 16.2. The molecular weight excluding hydrogens is 372 g/mol. The van der Waals surface area contributed by atoms with Crippen LogP contribution in [0.25, 0.3) is 22.2 Å². The van der Waals surface area contributed by atoms with Gasteiger partial charge in [0.15, 0.2) is 0 Å². The van der Waals surface area contributed by atoms with Crippen molar-refractivity contribution in [1.29, 1.82) is 0 Å². The maximum absolute atomic E-state index is 13.5. The number of amides is 1. The van der Waals surface area contributed by atoms with Gasteiger partial charge >= 0.3 is 0 Å². The summed E-state index contributed by atoms with van der Waals surface area (Å²) in [5, 5.41) is 5.15. The number of benzene rings is 2. The Bertz CT molecular complexity index is 1260. The van der Waals surface area contributed by atoms with Crippen molar-refractivity contribution in [2.24, 2.45) is 7.05 Å².